The van der Waals surface area contributed by atoms with Crippen LogP contribution >= 0.6 is 0 Å². The molecule has 0 aromatic heterocycles. The van der Waals surface area contributed by atoms with E-state index in [-0.39, 0.29) is 6.04 Å². The highest BCUT2D eigenvalue weighted by molar-refractivity contribution is 5.66. The standard InChI is InChI=1S/C20H29N3O4.C4H8O/c24-20(25)21-16-6-4-15(5-7-16)8-9-22-10-12-23(13-11-22)17-2-1-3-18-19(17)27-14-26-18;1-5-4-2-3-4/h1-3,15-16,21H,4-14H2,(H,24,25);4H,2-3H2,1H3. The van der Waals surface area contributed by atoms with Crippen LogP contribution in [0.3, 0.4) is 0 Å². The Labute approximate surface area is 190 Å². The Morgan fingerprint density at radius 2 is 1.84 bits per heavy atom. The van der Waals surface area contributed by atoms with Crippen LogP contribution < -0.4 is 19.7 Å². The largest absolute Gasteiger partial charge is 0.465 e. The first-order chi connectivity index (χ1) is 15.6. The Hall–Kier alpha value is -2.19. The summed E-state index contributed by atoms with van der Waals surface area (Å²) in [6, 6.07) is 6.27. The lowest BCUT2D eigenvalue weighted by atomic mass is 9.84. The fourth-order valence-electron chi connectivity index (χ4n) is 4.82. The maximum Gasteiger partial charge on any atom is 0.404 e. The zero-order chi connectivity index (χ0) is 22.3. The van der Waals surface area contributed by atoms with Gasteiger partial charge in [0.15, 0.2) is 11.5 Å². The highest BCUT2D eigenvalue weighted by Crippen LogP contribution is 2.41. The SMILES string of the molecule is COC1CC1.O=C(O)NC1CCC(CCN2CCN(c3cccc4c3OCO4)CC2)CC1. The third-order valence-electron chi connectivity index (χ3n) is 6.97. The molecule has 1 amide bonds. The molecule has 0 bridgehead atoms. The second-order valence-electron chi connectivity index (χ2n) is 9.23. The van der Waals surface area contributed by atoms with Crippen LogP contribution in [0.4, 0.5) is 10.5 Å². The van der Waals surface area contributed by atoms with Crippen molar-refractivity contribution in [1.29, 1.82) is 0 Å². The Morgan fingerprint density at radius 3 is 2.47 bits per heavy atom. The van der Waals surface area contributed by atoms with Crippen LogP contribution in [0.15, 0.2) is 18.2 Å². The first kappa shape index (κ1) is 23.0. The van der Waals surface area contributed by atoms with Crippen LogP contribution in [-0.4, -0.2) is 74.9 Å². The number of para-hydroxylation sites is 1. The summed E-state index contributed by atoms with van der Waals surface area (Å²) in [5.74, 6) is 2.47. The Balaban J connectivity index is 0.000000433. The van der Waals surface area contributed by atoms with E-state index in [0.29, 0.717) is 12.9 Å². The summed E-state index contributed by atoms with van der Waals surface area (Å²) in [7, 11) is 1.76. The number of piperazine rings is 1. The zero-order valence-electron chi connectivity index (χ0n) is 19.1. The normalized spacial score (nSPS) is 25.1. The number of amides is 1. The van der Waals surface area contributed by atoms with E-state index in [2.05, 4.69) is 21.2 Å². The number of hydrogen-bond donors (Lipinski definition) is 2. The van der Waals surface area contributed by atoms with Crippen molar-refractivity contribution in [2.75, 3.05) is 51.5 Å². The molecule has 5 rings (SSSR count). The quantitative estimate of drug-likeness (QED) is 0.690. The molecule has 32 heavy (non-hydrogen) atoms. The molecule has 0 radical (unpaired) electrons. The average molecular weight is 448 g/mol. The third-order valence-corrected chi connectivity index (χ3v) is 6.97. The molecule has 4 aliphatic rings. The molecule has 3 fully saturated rings. The van der Waals surface area contributed by atoms with Gasteiger partial charge in [0.2, 0.25) is 6.79 Å². The number of nitrogens with zero attached hydrogens (tertiary/aromatic N) is 2. The molecule has 2 heterocycles. The fraction of sp³-hybridized carbons (Fsp3) is 0.708. The number of carboxylic acid groups (broad SMARTS) is 1. The van der Waals surface area contributed by atoms with Gasteiger partial charge in [-0.15, -0.1) is 0 Å². The number of nitrogens with one attached hydrogen (secondary N) is 1. The molecule has 8 nitrogen and oxygen atoms in total. The van der Waals surface area contributed by atoms with E-state index in [1.54, 1.807) is 7.11 Å². The fourth-order valence-corrected chi connectivity index (χ4v) is 4.82. The van der Waals surface area contributed by atoms with E-state index in [1.807, 2.05) is 12.1 Å². The molecule has 2 aliphatic carbocycles. The molecule has 0 unspecified atom stereocenters. The lowest BCUT2D eigenvalue weighted by molar-refractivity contribution is 0.173. The Morgan fingerprint density at radius 1 is 1.09 bits per heavy atom. The van der Waals surface area contributed by atoms with E-state index < -0.39 is 6.09 Å². The van der Waals surface area contributed by atoms with Crippen LogP contribution in [0.2, 0.25) is 0 Å². The topological polar surface area (TPSA) is 83.5 Å². The molecule has 2 N–H and O–H groups in total. The number of benzene rings is 1. The van der Waals surface area contributed by atoms with E-state index in [1.165, 1.54) is 19.3 Å². The van der Waals surface area contributed by atoms with Gasteiger partial charge in [0.25, 0.3) is 0 Å². The van der Waals surface area contributed by atoms with Crippen LogP contribution in [0.25, 0.3) is 0 Å². The molecule has 0 atom stereocenters. The van der Waals surface area contributed by atoms with Gasteiger partial charge < -0.3 is 29.5 Å². The molecule has 1 aromatic rings. The maximum absolute atomic E-state index is 10.7. The highest BCUT2D eigenvalue weighted by Gasteiger charge is 2.26. The minimum atomic E-state index is -0.891. The number of fused-ring (bicyclic) bond motifs is 1. The van der Waals surface area contributed by atoms with Gasteiger partial charge in [-0.25, -0.2) is 4.79 Å². The summed E-state index contributed by atoms with van der Waals surface area (Å²) >= 11 is 0. The zero-order valence-corrected chi connectivity index (χ0v) is 19.1. The Bertz CT molecular complexity index is 741. The van der Waals surface area contributed by atoms with E-state index >= 15 is 0 Å². The third kappa shape index (κ3) is 6.42. The number of hydrogen-bond acceptors (Lipinski definition) is 6. The predicted molar refractivity (Wildman–Crippen MR) is 123 cm³/mol. The second kappa shape index (κ2) is 11.1. The summed E-state index contributed by atoms with van der Waals surface area (Å²) < 4.78 is 16.0. The van der Waals surface area contributed by atoms with Gasteiger partial charge in [0, 0.05) is 39.3 Å². The highest BCUT2D eigenvalue weighted by atomic mass is 16.7. The predicted octanol–water partition coefficient (Wildman–Crippen LogP) is 3.55. The molecule has 2 aliphatic heterocycles. The Kier molecular flexibility index (Phi) is 7.97. The van der Waals surface area contributed by atoms with Crippen molar-refractivity contribution in [1.82, 2.24) is 10.2 Å². The van der Waals surface area contributed by atoms with Gasteiger partial charge in [-0.2, -0.15) is 0 Å². The molecule has 8 heteroatoms. The van der Waals surface area contributed by atoms with Gasteiger partial charge in [-0.05, 0) is 69.5 Å². The molecule has 1 saturated heterocycles. The number of methoxy groups -OCH3 is 1. The molecular formula is C24H37N3O5. The number of rotatable bonds is 6. The van der Waals surface area contributed by atoms with E-state index in [9.17, 15) is 4.79 Å². The van der Waals surface area contributed by atoms with Gasteiger partial charge >= 0.3 is 6.09 Å². The summed E-state index contributed by atoms with van der Waals surface area (Å²) in [5, 5.41) is 11.5. The molecule has 0 spiro atoms. The lowest BCUT2D eigenvalue weighted by Crippen LogP contribution is -2.47. The van der Waals surface area contributed by atoms with E-state index in [4.69, 9.17) is 19.3 Å². The van der Waals surface area contributed by atoms with Gasteiger partial charge in [0.1, 0.15) is 0 Å². The van der Waals surface area contributed by atoms with Crippen molar-refractivity contribution in [3.63, 3.8) is 0 Å². The first-order valence-corrected chi connectivity index (χ1v) is 12.0. The second-order valence-corrected chi connectivity index (χ2v) is 9.23. The van der Waals surface area contributed by atoms with Crippen LogP contribution in [0, 0.1) is 5.92 Å². The van der Waals surface area contributed by atoms with Crippen LogP contribution in [-0.2, 0) is 4.74 Å². The number of carbonyl (C=O) groups is 1. The molecular weight excluding hydrogens is 410 g/mol. The summed E-state index contributed by atoms with van der Waals surface area (Å²) in [6.45, 7) is 5.61. The van der Waals surface area contributed by atoms with Crippen molar-refractivity contribution in [2.45, 2.75) is 57.1 Å². The van der Waals surface area contributed by atoms with Crippen molar-refractivity contribution in [3.8, 4) is 11.5 Å². The molecule has 178 valence electrons. The lowest BCUT2D eigenvalue weighted by Gasteiger charge is -2.37. The smallest absolute Gasteiger partial charge is 0.404 e. The van der Waals surface area contributed by atoms with Crippen LogP contribution in [0.5, 0.6) is 11.5 Å². The first-order valence-electron chi connectivity index (χ1n) is 12.0. The summed E-state index contributed by atoms with van der Waals surface area (Å²) in [5.41, 5.74) is 1.15. The number of anilines is 1. The molecule has 1 aromatic carbocycles. The van der Waals surface area contributed by atoms with E-state index in [0.717, 1.165) is 81.5 Å². The molecule has 2 saturated carbocycles. The summed E-state index contributed by atoms with van der Waals surface area (Å²) in [4.78, 5) is 15.7. The average Bonchev–Trinajstić information content (AvgIpc) is 3.54. The summed E-state index contributed by atoms with van der Waals surface area (Å²) in [6.07, 6.45) is 7.77. The minimum Gasteiger partial charge on any atom is -0.465 e. The maximum atomic E-state index is 10.7. The van der Waals surface area contributed by atoms with Crippen molar-refractivity contribution in [3.05, 3.63) is 18.2 Å². The van der Waals surface area contributed by atoms with Gasteiger partial charge in [-0.1, -0.05) is 6.07 Å². The minimum absolute atomic E-state index is 0.154. The van der Waals surface area contributed by atoms with Crippen molar-refractivity contribution in [2.24, 2.45) is 5.92 Å². The van der Waals surface area contributed by atoms with Gasteiger partial charge in [0.05, 0.1) is 11.8 Å². The van der Waals surface area contributed by atoms with Gasteiger partial charge in [-0.3, -0.25) is 4.90 Å². The van der Waals surface area contributed by atoms with Crippen LogP contribution in [0.1, 0.15) is 44.9 Å². The monoisotopic (exact) mass is 447 g/mol. The number of ether oxygens (including phenoxy) is 3. The van der Waals surface area contributed by atoms with Crippen molar-refractivity contribution >= 4 is 11.8 Å². The van der Waals surface area contributed by atoms with Crippen molar-refractivity contribution < 1.29 is 24.1 Å².